The summed E-state index contributed by atoms with van der Waals surface area (Å²) in [6, 6.07) is 7.38. The van der Waals surface area contributed by atoms with Crippen LogP contribution in [0.1, 0.15) is 16.9 Å². The lowest BCUT2D eigenvalue weighted by Crippen LogP contribution is -2.29. The van der Waals surface area contributed by atoms with Crippen molar-refractivity contribution < 1.29 is 9.90 Å². The summed E-state index contributed by atoms with van der Waals surface area (Å²) in [6.07, 6.45) is 0.247. The van der Waals surface area contributed by atoms with E-state index in [0.29, 0.717) is 30.9 Å². The number of amides is 1. The quantitative estimate of drug-likeness (QED) is 0.654. The molecule has 1 fully saturated rings. The number of hydrogen-bond donors (Lipinski definition) is 3. The van der Waals surface area contributed by atoms with E-state index < -0.39 is 6.10 Å². The van der Waals surface area contributed by atoms with E-state index in [-0.39, 0.29) is 5.91 Å². The molecule has 18 heavy (non-hydrogen) atoms. The monoisotopic (exact) mass is 245 g/mol. The number of carbonyl (C=O) groups excluding carboxylic acids is 1. The molecule has 2 aromatic rings. The third-order valence-corrected chi connectivity index (χ3v) is 3.37. The van der Waals surface area contributed by atoms with Crippen molar-refractivity contribution in [3.05, 3.63) is 30.0 Å². The molecule has 1 amide bonds. The average Bonchev–Trinajstić information content (AvgIpc) is 2.95. The van der Waals surface area contributed by atoms with E-state index in [1.165, 1.54) is 0 Å². The van der Waals surface area contributed by atoms with Crippen molar-refractivity contribution in [2.24, 2.45) is 0 Å². The third-order valence-electron chi connectivity index (χ3n) is 3.37. The number of rotatable bonds is 1. The van der Waals surface area contributed by atoms with Crippen molar-refractivity contribution in [1.82, 2.24) is 9.88 Å². The number of nitrogen functional groups attached to an aromatic ring is 1. The summed E-state index contributed by atoms with van der Waals surface area (Å²) in [6.45, 7) is 1.01. The number of carbonyl (C=O) groups is 1. The minimum atomic E-state index is -0.400. The van der Waals surface area contributed by atoms with Gasteiger partial charge in [0.25, 0.3) is 5.91 Å². The lowest BCUT2D eigenvalue weighted by atomic mass is 10.2. The fourth-order valence-electron chi connectivity index (χ4n) is 2.39. The number of H-pyrrole nitrogens is 1. The van der Waals surface area contributed by atoms with Gasteiger partial charge in [-0.15, -0.1) is 0 Å². The van der Waals surface area contributed by atoms with Crippen LogP contribution in [-0.2, 0) is 0 Å². The maximum absolute atomic E-state index is 12.2. The first-order valence-corrected chi connectivity index (χ1v) is 5.99. The summed E-state index contributed by atoms with van der Waals surface area (Å²) in [5.41, 5.74) is 7.80. The highest BCUT2D eigenvalue weighted by atomic mass is 16.3. The number of benzene rings is 1. The number of nitrogens with zero attached hydrogens (tertiary/aromatic N) is 1. The second-order valence-corrected chi connectivity index (χ2v) is 4.69. The van der Waals surface area contributed by atoms with Crippen LogP contribution in [0.4, 0.5) is 5.69 Å². The van der Waals surface area contributed by atoms with Gasteiger partial charge in [0.1, 0.15) is 5.69 Å². The summed E-state index contributed by atoms with van der Waals surface area (Å²) in [7, 11) is 0. The van der Waals surface area contributed by atoms with Crippen molar-refractivity contribution in [1.29, 1.82) is 0 Å². The molecule has 1 aliphatic rings. The van der Waals surface area contributed by atoms with Crippen molar-refractivity contribution in [3.63, 3.8) is 0 Å². The Morgan fingerprint density at radius 3 is 3.00 bits per heavy atom. The predicted octanol–water partition coefficient (Wildman–Crippen LogP) is 0.957. The third kappa shape index (κ3) is 1.73. The Kier molecular flexibility index (Phi) is 2.48. The Labute approximate surface area is 104 Å². The first kappa shape index (κ1) is 11.1. The Morgan fingerprint density at radius 2 is 2.33 bits per heavy atom. The van der Waals surface area contributed by atoms with Crippen LogP contribution in [0.25, 0.3) is 10.9 Å². The number of aromatic amines is 1. The summed E-state index contributed by atoms with van der Waals surface area (Å²) in [5, 5.41) is 10.4. The Morgan fingerprint density at radius 1 is 1.50 bits per heavy atom. The zero-order chi connectivity index (χ0) is 12.7. The topological polar surface area (TPSA) is 82.3 Å². The maximum Gasteiger partial charge on any atom is 0.270 e. The highest BCUT2D eigenvalue weighted by Gasteiger charge is 2.26. The van der Waals surface area contributed by atoms with E-state index >= 15 is 0 Å². The minimum absolute atomic E-state index is 0.0813. The van der Waals surface area contributed by atoms with Gasteiger partial charge in [0.15, 0.2) is 0 Å². The van der Waals surface area contributed by atoms with Crippen LogP contribution >= 0.6 is 0 Å². The Bertz CT molecular complexity index is 605. The number of anilines is 1. The summed E-state index contributed by atoms with van der Waals surface area (Å²) in [5.74, 6) is -0.0813. The zero-order valence-corrected chi connectivity index (χ0v) is 9.89. The standard InChI is InChI=1S/C13H15N3O2/c14-10-3-1-2-8-6-11(15-12(8)10)13(18)16-5-4-9(17)7-16/h1-3,6,9,15,17H,4-5,7,14H2. The number of nitrogens with two attached hydrogens (primary N) is 1. The molecule has 0 bridgehead atoms. The molecule has 1 aliphatic heterocycles. The molecule has 0 spiro atoms. The number of nitrogens with one attached hydrogen (secondary N) is 1. The fraction of sp³-hybridized carbons (Fsp3) is 0.308. The van der Waals surface area contributed by atoms with Crippen LogP contribution in [0, 0.1) is 0 Å². The van der Waals surface area contributed by atoms with Gasteiger partial charge in [0, 0.05) is 18.5 Å². The Hall–Kier alpha value is -2.01. The van der Waals surface area contributed by atoms with Crippen molar-refractivity contribution >= 4 is 22.5 Å². The second-order valence-electron chi connectivity index (χ2n) is 4.69. The molecule has 1 aromatic carbocycles. The molecular formula is C13H15N3O2. The largest absolute Gasteiger partial charge is 0.397 e. The van der Waals surface area contributed by atoms with Gasteiger partial charge < -0.3 is 20.7 Å². The molecule has 0 saturated carbocycles. The number of fused-ring (bicyclic) bond motifs is 1. The summed E-state index contributed by atoms with van der Waals surface area (Å²) in [4.78, 5) is 16.9. The molecule has 3 rings (SSSR count). The van der Waals surface area contributed by atoms with E-state index in [9.17, 15) is 9.90 Å². The number of aliphatic hydroxyl groups is 1. The average molecular weight is 245 g/mol. The van der Waals surface area contributed by atoms with Crippen LogP contribution in [0.3, 0.4) is 0 Å². The van der Waals surface area contributed by atoms with E-state index in [4.69, 9.17) is 5.73 Å². The van der Waals surface area contributed by atoms with Crippen molar-refractivity contribution in [2.45, 2.75) is 12.5 Å². The molecule has 5 heteroatoms. The van der Waals surface area contributed by atoms with Gasteiger partial charge >= 0.3 is 0 Å². The van der Waals surface area contributed by atoms with Crippen LogP contribution in [-0.4, -0.2) is 40.1 Å². The lowest BCUT2D eigenvalue weighted by molar-refractivity contribution is 0.0760. The first-order chi connectivity index (χ1) is 8.65. The Balaban J connectivity index is 1.95. The van der Waals surface area contributed by atoms with Gasteiger partial charge in [-0.2, -0.15) is 0 Å². The second kappa shape index (κ2) is 4.03. The van der Waals surface area contributed by atoms with Crippen molar-refractivity contribution in [3.8, 4) is 0 Å². The minimum Gasteiger partial charge on any atom is -0.397 e. The molecule has 2 heterocycles. The number of hydrogen-bond acceptors (Lipinski definition) is 3. The molecule has 1 unspecified atom stereocenters. The summed E-state index contributed by atoms with van der Waals surface area (Å²) >= 11 is 0. The van der Waals surface area contributed by atoms with E-state index in [1.54, 1.807) is 17.0 Å². The highest BCUT2D eigenvalue weighted by molar-refractivity contribution is 6.00. The molecular weight excluding hydrogens is 230 g/mol. The first-order valence-electron chi connectivity index (χ1n) is 5.99. The number of para-hydroxylation sites is 1. The predicted molar refractivity (Wildman–Crippen MR) is 69.2 cm³/mol. The van der Waals surface area contributed by atoms with Gasteiger partial charge in [-0.3, -0.25) is 4.79 Å². The molecule has 1 aromatic heterocycles. The SMILES string of the molecule is Nc1cccc2cc(C(=O)N3CCC(O)C3)[nH]c12. The van der Waals surface area contributed by atoms with Crippen LogP contribution in [0.2, 0.25) is 0 Å². The number of aliphatic hydroxyl groups excluding tert-OH is 1. The number of aromatic nitrogens is 1. The lowest BCUT2D eigenvalue weighted by Gasteiger charge is -2.13. The normalized spacial score (nSPS) is 19.6. The van der Waals surface area contributed by atoms with Gasteiger partial charge in [0.05, 0.1) is 17.3 Å². The van der Waals surface area contributed by atoms with Gasteiger partial charge in [-0.1, -0.05) is 12.1 Å². The molecule has 0 aliphatic carbocycles. The zero-order valence-electron chi connectivity index (χ0n) is 9.89. The molecule has 4 N–H and O–H groups in total. The maximum atomic E-state index is 12.2. The van der Waals surface area contributed by atoms with Gasteiger partial charge in [0.2, 0.25) is 0 Å². The van der Waals surface area contributed by atoms with E-state index in [0.717, 1.165) is 10.9 Å². The molecule has 94 valence electrons. The van der Waals surface area contributed by atoms with Gasteiger partial charge in [-0.05, 0) is 18.6 Å². The summed E-state index contributed by atoms with van der Waals surface area (Å²) < 4.78 is 0. The molecule has 5 nitrogen and oxygen atoms in total. The molecule has 0 radical (unpaired) electrons. The number of β-amino-alcohol motifs (C(OH)–C–C–N with tert-alkyl or cyclic N) is 1. The molecule has 1 saturated heterocycles. The van der Waals surface area contributed by atoms with E-state index in [1.807, 2.05) is 12.1 Å². The number of likely N-dealkylation sites (tertiary alicyclic amines) is 1. The smallest absolute Gasteiger partial charge is 0.270 e. The highest BCUT2D eigenvalue weighted by Crippen LogP contribution is 2.22. The van der Waals surface area contributed by atoms with Crippen molar-refractivity contribution in [2.75, 3.05) is 18.8 Å². The van der Waals surface area contributed by atoms with Crippen LogP contribution in [0.15, 0.2) is 24.3 Å². The molecule has 1 atom stereocenters. The van der Waals surface area contributed by atoms with Crippen LogP contribution < -0.4 is 5.73 Å². The van der Waals surface area contributed by atoms with Crippen LogP contribution in [0.5, 0.6) is 0 Å². The van der Waals surface area contributed by atoms with E-state index in [2.05, 4.69) is 4.98 Å². The fourth-order valence-corrected chi connectivity index (χ4v) is 2.39. The van der Waals surface area contributed by atoms with Gasteiger partial charge in [-0.25, -0.2) is 0 Å².